The lowest BCUT2D eigenvalue weighted by Crippen LogP contribution is -2.47. The van der Waals surface area contributed by atoms with Crippen LogP contribution in [0.2, 0.25) is 0 Å². The molecule has 1 aliphatic heterocycles. The molecule has 0 saturated carbocycles. The summed E-state index contributed by atoms with van der Waals surface area (Å²) in [5.74, 6) is 0.667. The molecule has 34 heavy (non-hydrogen) atoms. The van der Waals surface area contributed by atoms with E-state index in [-0.39, 0.29) is 18.1 Å². The van der Waals surface area contributed by atoms with Gasteiger partial charge in [0.2, 0.25) is 5.91 Å². The molecule has 2 heterocycles. The minimum atomic E-state index is -0.0106. The number of amides is 1. The lowest BCUT2D eigenvalue weighted by molar-refractivity contribution is -0.137. The van der Waals surface area contributed by atoms with E-state index in [2.05, 4.69) is 36.4 Å². The fourth-order valence-corrected chi connectivity index (χ4v) is 4.82. The highest BCUT2D eigenvalue weighted by Crippen LogP contribution is 2.38. The van der Waals surface area contributed by atoms with E-state index in [0.717, 1.165) is 33.2 Å². The van der Waals surface area contributed by atoms with Crippen molar-refractivity contribution in [3.8, 4) is 16.9 Å². The number of carbonyl (C=O) groups is 1. The Balaban J connectivity index is 1.54. The van der Waals surface area contributed by atoms with Crippen molar-refractivity contribution < 1.29 is 18.7 Å². The molecule has 0 aliphatic carbocycles. The van der Waals surface area contributed by atoms with Gasteiger partial charge in [-0.3, -0.25) is 4.79 Å². The minimum Gasteiger partial charge on any atom is -0.496 e. The maximum atomic E-state index is 13.0. The molecule has 0 radical (unpaired) electrons. The molecule has 0 spiro atoms. The number of methoxy groups -OCH3 is 1. The Hall–Kier alpha value is -3.57. The lowest BCUT2D eigenvalue weighted by atomic mass is 9.97. The number of hydrogen-bond acceptors (Lipinski definition) is 4. The van der Waals surface area contributed by atoms with Gasteiger partial charge in [-0.25, -0.2) is 0 Å². The first-order valence-corrected chi connectivity index (χ1v) is 11.6. The highest BCUT2D eigenvalue weighted by atomic mass is 16.5. The molecule has 1 amide bonds. The minimum absolute atomic E-state index is 0.0106. The number of benzene rings is 3. The zero-order valence-corrected chi connectivity index (χ0v) is 20.0. The number of allylic oxidation sites excluding steroid dienone is 1. The fraction of sp³-hybridized carbons (Fsp3) is 0.276. The summed E-state index contributed by atoms with van der Waals surface area (Å²) in [6, 6.07) is 18.7. The molecule has 174 valence electrons. The van der Waals surface area contributed by atoms with Crippen LogP contribution < -0.4 is 4.74 Å². The zero-order valence-electron chi connectivity index (χ0n) is 20.0. The topological polar surface area (TPSA) is 51.9 Å². The third kappa shape index (κ3) is 4.19. The van der Waals surface area contributed by atoms with E-state index in [1.54, 1.807) is 19.4 Å². The van der Waals surface area contributed by atoms with Gasteiger partial charge < -0.3 is 18.8 Å². The van der Waals surface area contributed by atoms with Crippen molar-refractivity contribution in [3.63, 3.8) is 0 Å². The van der Waals surface area contributed by atoms with Crippen molar-refractivity contribution in [2.75, 3.05) is 20.2 Å². The molecule has 3 aromatic carbocycles. The summed E-state index contributed by atoms with van der Waals surface area (Å²) >= 11 is 0. The molecular weight excluding hydrogens is 426 g/mol. The average molecular weight is 456 g/mol. The van der Waals surface area contributed by atoms with Crippen LogP contribution in [0.15, 0.2) is 71.4 Å². The molecule has 4 aromatic rings. The monoisotopic (exact) mass is 455 g/mol. The molecule has 1 aromatic heterocycles. The summed E-state index contributed by atoms with van der Waals surface area (Å²) in [7, 11) is 1.64. The van der Waals surface area contributed by atoms with Gasteiger partial charge in [0.1, 0.15) is 11.3 Å². The van der Waals surface area contributed by atoms with Crippen molar-refractivity contribution in [3.05, 3.63) is 72.5 Å². The van der Waals surface area contributed by atoms with Crippen LogP contribution in [0.25, 0.3) is 38.4 Å². The molecule has 0 bridgehead atoms. The number of hydrogen-bond donors (Lipinski definition) is 0. The van der Waals surface area contributed by atoms with E-state index in [1.807, 2.05) is 43.9 Å². The van der Waals surface area contributed by atoms with Gasteiger partial charge in [-0.2, -0.15) is 0 Å². The smallest absolute Gasteiger partial charge is 0.247 e. The number of furan rings is 1. The van der Waals surface area contributed by atoms with Gasteiger partial charge in [0, 0.05) is 41.7 Å². The molecule has 2 unspecified atom stereocenters. The fourth-order valence-electron chi connectivity index (χ4n) is 4.82. The Morgan fingerprint density at radius 3 is 2.50 bits per heavy atom. The van der Waals surface area contributed by atoms with Crippen LogP contribution >= 0.6 is 0 Å². The van der Waals surface area contributed by atoms with Crippen LogP contribution in [-0.4, -0.2) is 43.2 Å². The normalized spacial score (nSPS) is 19.1. The van der Waals surface area contributed by atoms with E-state index in [0.29, 0.717) is 18.8 Å². The van der Waals surface area contributed by atoms with Crippen molar-refractivity contribution in [2.45, 2.75) is 33.0 Å². The second-order valence-corrected chi connectivity index (χ2v) is 9.09. The van der Waals surface area contributed by atoms with Gasteiger partial charge in [0.05, 0.1) is 25.6 Å². The summed E-state index contributed by atoms with van der Waals surface area (Å²) in [5, 5.41) is 3.36. The van der Waals surface area contributed by atoms with Crippen LogP contribution in [0.3, 0.4) is 0 Å². The molecule has 0 N–H and O–H groups in total. The van der Waals surface area contributed by atoms with Crippen molar-refractivity contribution in [1.29, 1.82) is 0 Å². The number of ether oxygens (including phenoxy) is 2. The van der Waals surface area contributed by atoms with E-state index in [9.17, 15) is 4.79 Å². The Kier molecular flexibility index (Phi) is 5.88. The SMILES string of the molecule is COc1cc2occ(-c3ccc4ccccc4c3)c2cc1/C(C)=C/C(=O)N1CC(C)OC(C)C1. The Morgan fingerprint density at radius 2 is 1.76 bits per heavy atom. The van der Waals surface area contributed by atoms with Crippen LogP contribution in [0, 0.1) is 0 Å². The number of nitrogens with zero attached hydrogens (tertiary/aromatic N) is 1. The van der Waals surface area contributed by atoms with Crippen LogP contribution in [0.4, 0.5) is 0 Å². The van der Waals surface area contributed by atoms with E-state index >= 15 is 0 Å². The van der Waals surface area contributed by atoms with E-state index < -0.39 is 0 Å². The first-order chi connectivity index (χ1) is 16.4. The van der Waals surface area contributed by atoms with Gasteiger partial charge in [0.15, 0.2) is 0 Å². The first kappa shape index (κ1) is 22.2. The standard InChI is InChI=1S/C29H29NO4/c1-18(11-29(31)30-15-19(2)34-20(3)16-30)24-13-25-26(17-33-28(25)14-27(24)32-4)23-10-9-21-7-5-6-8-22(21)12-23/h5-14,17,19-20H,15-16H2,1-4H3/b18-11+. The van der Waals surface area contributed by atoms with Crippen molar-refractivity contribution in [1.82, 2.24) is 4.90 Å². The molecule has 1 fully saturated rings. The average Bonchev–Trinajstić information content (AvgIpc) is 3.25. The quantitative estimate of drug-likeness (QED) is 0.339. The van der Waals surface area contributed by atoms with Crippen LogP contribution in [0.5, 0.6) is 5.75 Å². The predicted octanol–water partition coefficient (Wildman–Crippen LogP) is 6.30. The third-order valence-corrected chi connectivity index (χ3v) is 6.45. The van der Waals surface area contributed by atoms with E-state index in [1.165, 1.54) is 10.8 Å². The van der Waals surface area contributed by atoms with Crippen molar-refractivity contribution >= 4 is 33.2 Å². The predicted molar refractivity (Wildman–Crippen MR) is 136 cm³/mol. The summed E-state index contributed by atoms with van der Waals surface area (Å²) in [6.45, 7) is 7.13. The largest absolute Gasteiger partial charge is 0.496 e. The Bertz CT molecular complexity index is 1390. The maximum Gasteiger partial charge on any atom is 0.247 e. The van der Waals surface area contributed by atoms with E-state index in [4.69, 9.17) is 13.9 Å². The van der Waals surface area contributed by atoms with Gasteiger partial charge in [-0.05, 0) is 54.8 Å². The summed E-state index contributed by atoms with van der Waals surface area (Å²) in [5.41, 5.74) is 4.57. The van der Waals surface area contributed by atoms with Gasteiger partial charge in [-0.15, -0.1) is 0 Å². The maximum absolute atomic E-state index is 13.0. The second-order valence-electron chi connectivity index (χ2n) is 9.09. The first-order valence-electron chi connectivity index (χ1n) is 11.6. The summed E-state index contributed by atoms with van der Waals surface area (Å²) in [4.78, 5) is 14.9. The second kappa shape index (κ2) is 8.99. The Morgan fingerprint density at radius 1 is 1.03 bits per heavy atom. The van der Waals surface area contributed by atoms with Crippen LogP contribution in [-0.2, 0) is 9.53 Å². The van der Waals surface area contributed by atoms with Crippen LogP contribution in [0.1, 0.15) is 26.3 Å². The van der Waals surface area contributed by atoms with Gasteiger partial charge >= 0.3 is 0 Å². The highest BCUT2D eigenvalue weighted by Gasteiger charge is 2.25. The molecule has 5 nitrogen and oxygen atoms in total. The number of fused-ring (bicyclic) bond motifs is 2. The molecule has 2 atom stereocenters. The van der Waals surface area contributed by atoms with Gasteiger partial charge in [-0.1, -0.05) is 36.4 Å². The van der Waals surface area contributed by atoms with Crippen molar-refractivity contribution in [2.24, 2.45) is 0 Å². The lowest BCUT2D eigenvalue weighted by Gasteiger charge is -2.34. The molecule has 5 rings (SSSR count). The molecule has 5 heteroatoms. The zero-order chi connectivity index (χ0) is 23.8. The summed E-state index contributed by atoms with van der Waals surface area (Å²) < 4.78 is 17.3. The molecule has 1 saturated heterocycles. The third-order valence-electron chi connectivity index (χ3n) is 6.45. The van der Waals surface area contributed by atoms with Gasteiger partial charge in [0.25, 0.3) is 0 Å². The summed E-state index contributed by atoms with van der Waals surface area (Å²) in [6.07, 6.45) is 3.55. The molecule has 1 aliphatic rings. The number of carbonyl (C=O) groups excluding carboxylic acids is 1. The highest BCUT2D eigenvalue weighted by molar-refractivity contribution is 6.01. The number of morpholine rings is 1. The number of rotatable bonds is 4. The molecular formula is C29H29NO4. The Labute approximate surface area is 199 Å².